The predicted molar refractivity (Wildman–Crippen MR) is 75.9 cm³/mol. The smallest absolute Gasteiger partial charge is 0.246 e. The van der Waals surface area contributed by atoms with Gasteiger partial charge in [-0.15, -0.1) is 0 Å². The molecule has 1 aromatic rings. The van der Waals surface area contributed by atoms with Crippen LogP contribution in [0.15, 0.2) is 17.3 Å². The van der Waals surface area contributed by atoms with Crippen LogP contribution < -0.4 is 0 Å². The molecule has 0 aromatic carbocycles. The van der Waals surface area contributed by atoms with Crippen molar-refractivity contribution in [2.24, 2.45) is 5.92 Å². The molecular formula is C13H20N4O3S. The van der Waals surface area contributed by atoms with E-state index in [9.17, 15) is 13.2 Å². The fourth-order valence-corrected chi connectivity index (χ4v) is 4.82. The molecule has 2 saturated heterocycles. The molecule has 7 nitrogen and oxygen atoms in total. The standard InChI is InChI=1S/C13H20N4O3S/c1-16-12-5-6-17(9-10(12)3-2-4-13(16)18)21(19,20)11-7-14-15-8-11/h7-8,10,12H,2-6,9H2,1H3,(H,14,15)/t10-,12+/m0/s1. The van der Waals surface area contributed by atoms with Crippen molar-refractivity contribution >= 4 is 15.9 Å². The number of nitrogens with zero attached hydrogens (tertiary/aromatic N) is 3. The van der Waals surface area contributed by atoms with Gasteiger partial charge in [-0.1, -0.05) is 0 Å². The van der Waals surface area contributed by atoms with Crippen molar-refractivity contribution in [1.29, 1.82) is 0 Å². The van der Waals surface area contributed by atoms with E-state index < -0.39 is 10.0 Å². The maximum atomic E-state index is 12.5. The summed E-state index contributed by atoms with van der Waals surface area (Å²) in [6, 6.07) is 0.163. The van der Waals surface area contributed by atoms with Crippen LogP contribution in [-0.2, 0) is 14.8 Å². The van der Waals surface area contributed by atoms with E-state index in [4.69, 9.17) is 0 Å². The van der Waals surface area contributed by atoms with E-state index in [1.54, 1.807) is 0 Å². The average Bonchev–Trinajstić information content (AvgIpc) is 2.97. The molecule has 1 N–H and O–H groups in total. The van der Waals surface area contributed by atoms with E-state index in [0.717, 1.165) is 12.8 Å². The highest BCUT2D eigenvalue weighted by Gasteiger charge is 2.39. The number of aromatic nitrogens is 2. The molecule has 0 saturated carbocycles. The SMILES string of the molecule is CN1C(=O)CCC[C@H]2CN(S(=O)(=O)c3cn[nH]c3)CC[C@H]21. The number of carbonyl (C=O) groups excluding carboxylic acids is 1. The number of H-pyrrole nitrogens is 1. The first kappa shape index (κ1) is 14.5. The minimum Gasteiger partial charge on any atom is -0.342 e. The molecule has 2 atom stereocenters. The van der Waals surface area contributed by atoms with Crippen molar-refractivity contribution in [3.63, 3.8) is 0 Å². The molecule has 8 heteroatoms. The lowest BCUT2D eigenvalue weighted by Crippen LogP contribution is -2.51. The van der Waals surface area contributed by atoms with E-state index in [1.807, 2.05) is 11.9 Å². The molecule has 3 heterocycles. The third-order valence-electron chi connectivity index (χ3n) is 4.62. The Kier molecular flexibility index (Phi) is 3.75. The molecule has 0 aliphatic carbocycles. The molecule has 2 aliphatic rings. The lowest BCUT2D eigenvalue weighted by atomic mass is 9.90. The highest BCUT2D eigenvalue weighted by molar-refractivity contribution is 7.89. The van der Waals surface area contributed by atoms with Gasteiger partial charge in [-0.2, -0.15) is 9.40 Å². The van der Waals surface area contributed by atoms with Crippen LogP contribution in [-0.4, -0.2) is 59.9 Å². The molecule has 0 radical (unpaired) electrons. The first-order valence-corrected chi connectivity index (χ1v) is 8.69. The van der Waals surface area contributed by atoms with Gasteiger partial charge in [0, 0.05) is 38.8 Å². The number of sulfonamides is 1. The van der Waals surface area contributed by atoms with Gasteiger partial charge in [0.15, 0.2) is 0 Å². The van der Waals surface area contributed by atoms with Crippen molar-refractivity contribution < 1.29 is 13.2 Å². The van der Waals surface area contributed by atoms with Crippen molar-refractivity contribution in [1.82, 2.24) is 19.4 Å². The van der Waals surface area contributed by atoms with Gasteiger partial charge in [0.25, 0.3) is 0 Å². The molecule has 2 fully saturated rings. The highest BCUT2D eigenvalue weighted by atomic mass is 32.2. The Balaban J connectivity index is 1.80. The maximum Gasteiger partial charge on any atom is 0.246 e. The zero-order valence-corrected chi connectivity index (χ0v) is 12.8. The van der Waals surface area contributed by atoms with Gasteiger partial charge in [-0.3, -0.25) is 9.89 Å². The first-order chi connectivity index (χ1) is 10.00. The van der Waals surface area contributed by atoms with Crippen LogP contribution in [0.1, 0.15) is 25.7 Å². The Morgan fingerprint density at radius 1 is 1.38 bits per heavy atom. The van der Waals surface area contributed by atoms with E-state index in [1.165, 1.54) is 16.7 Å². The minimum absolute atomic E-state index is 0.163. The number of carbonyl (C=O) groups is 1. The van der Waals surface area contributed by atoms with Gasteiger partial charge in [0.1, 0.15) is 4.90 Å². The molecule has 0 unspecified atom stereocenters. The Hall–Kier alpha value is -1.41. The summed E-state index contributed by atoms with van der Waals surface area (Å²) in [7, 11) is -1.64. The van der Waals surface area contributed by atoms with E-state index in [-0.39, 0.29) is 22.8 Å². The first-order valence-electron chi connectivity index (χ1n) is 7.25. The van der Waals surface area contributed by atoms with Crippen molar-refractivity contribution in [3.8, 4) is 0 Å². The van der Waals surface area contributed by atoms with Crippen LogP contribution in [0.3, 0.4) is 0 Å². The van der Waals surface area contributed by atoms with Crippen LogP contribution in [0.5, 0.6) is 0 Å². The monoisotopic (exact) mass is 312 g/mol. The molecular weight excluding hydrogens is 292 g/mol. The van der Waals surface area contributed by atoms with Crippen LogP contribution in [0, 0.1) is 5.92 Å². The Morgan fingerprint density at radius 3 is 2.90 bits per heavy atom. The van der Waals surface area contributed by atoms with Crippen LogP contribution in [0.4, 0.5) is 0 Å². The molecule has 116 valence electrons. The van der Waals surface area contributed by atoms with Gasteiger partial charge >= 0.3 is 0 Å². The second-order valence-electron chi connectivity index (χ2n) is 5.81. The zero-order chi connectivity index (χ0) is 15.0. The zero-order valence-electron chi connectivity index (χ0n) is 12.0. The van der Waals surface area contributed by atoms with Gasteiger partial charge in [-0.25, -0.2) is 8.42 Å². The minimum atomic E-state index is -3.48. The number of fused-ring (bicyclic) bond motifs is 1. The van der Waals surface area contributed by atoms with Crippen molar-refractivity contribution in [2.75, 3.05) is 20.1 Å². The summed E-state index contributed by atoms with van der Waals surface area (Å²) in [5, 5.41) is 6.26. The summed E-state index contributed by atoms with van der Waals surface area (Å²) < 4.78 is 26.6. The fraction of sp³-hybridized carbons (Fsp3) is 0.692. The topological polar surface area (TPSA) is 86.4 Å². The summed E-state index contributed by atoms with van der Waals surface area (Å²) in [6.07, 6.45) is 5.75. The summed E-state index contributed by atoms with van der Waals surface area (Å²) >= 11 is 0. The largest absolute Gasteiger partial charge is 0.342 e. The molecule has 21 heavy (non-hydrogen) atoms. The molecule has 1 aromatic heterocycles. The molecule has 0 bridgehead atoms. The molecule has 3 rings (SSSR count). The normalized spacial score (nSPS) is 28.2. The lowest BCUT2D eigenvalue weighted by Gasteiger charge is -2.40. The Bertz CT molecular complexity index is 613. The third kappa shape index (κ3) is 2.57. The number of nitrogens with one attached hydrogen (secondary N) is 1. The third-order valence-corrected chi connectivity index (χ3v) is 6.45. The molecule has 2 aliphatic heterocycles. The maximum absolute atomic E-state index is 12.5. The number of amides is 1. The number of hydrogen-bond donors (Lipinski definition) is 1. The number of likely N-dealkylation sites (tertiary alicyclic amines) is 1. The van der Waals surface area contributed by atoms with Gasteiger partial charge < -0.3 is 4.90 Å². The van der Waals surface area contributed by atoms with Crippen LogP contribution in [0.2, 0.25) is 0 Å². The second-order valence-corrected chi connectivity index (χ2v) is 7.75. The van der Waals surface area contributed by atoms with Gasteiger partial charge in [-0.05, 0) is 25.2 Å². The fourth-order valence-electron chi connectivity index (χ4n) is 3.40. The van der Waals surface area contributed by atoms with Crippen molar-refractivity contribution in [2.45, 2.75) is 36.6 Å². The van der Waals surface area contributed by atoms with E-state index >= 15 is 0 Å². The number of hydrogen-bond acceptors (Lipinski definition) is 4. The Morgan fingerprint density at radius 2 is 2.19 bits per heavy atom. The van der Waals surface area contributed by atoms with Crippen LogP contribution in [0.25, 0.3) is 0 Å². The number of piperidine rings is 1. The summed E-state index contributed by atoms with van der Waals surface area (Å²) in [4.78, 5) is 13.9. The summed E-state index contributed by atoms with van der Waals surface area (Å²) in [6.45, 7) is 0.933. The summed E-state index contributed by atoms with van der Waals surface area (Å²) in [5.74, 6) is 0.394. The average molecular weight is 312 g/mol. The number of aromatic amines is 1. The molecule has 1 amide bonds. The van der Waals surface area contributed by atoms with Gasteiger partial charge in [0.2, 0.25) is 15.9 Å². The quantitative estimate of drug-likeness (QED) is 0.858. The number of rotatable bonds is 2. The van der Waals surface area contributed by atoms with E-state index in [2.05, 4.69) is 10.2 Å². The predicted octanol–water partition coefficient (Wildman–Crippen LogP) is 0.431. The van der Waals surface area contributed by atoms with Gasteiger partial charge in [0.05, 0.1) is 6.20 Å². The highest BCUT2D eigenvalue weighted by Crippen LogP contribution is 2.31. The summed E-state index contributed by atoms with van der Waals surface area (Å²) in [5.41, 5.74) is 0. The lowest BCUT2D eigenvalue weighted by molar-refractivity contribution is -0.132. The van der Waals surface area contributed by atoms with E-state index in [0.29, 0.717) is 25.9 Å². The second kappa shape index (κ2) is 5.42. The van der Waals surface area contributed by atoms with Crippen molar-refractivity contribution in [3.05, 3.63) is 12.4 Å². The Labute approximate surface area is 124 Å². The van der Waals surface area contributed by atoms with Crippen LogP contribution >= 0.6 is 0 Å². The molecule has 0 spiro atoms.